The number of hydrogen-bond donors (Lipinski definition) is 0. The van der Waals surface area contributed by atoms with Crippen LogP contribution in [0.4, 0.5) is 0 Å². The third kappa shape index (κ3) is 4.77. The quantitative estimate of drug-likeness (QED) is 0.590. The van der Waals surface area contributed by atoms with E-state index in [-0.39, 0.29) is 18.4 Å². The number of halogens is 2. The smallest absolute Gasteiger partial charge is 0.227 e. The number of amides is 1. The average molecular weight is 429 g/mol. The van der Waals surface area contributed by atoms with Crippen molar-refractivity contribution < 1.29 is 4.79 Å². The Kier molecular flexibility index (Phi) is 6.88. The molecule has 0 aromatic heterocycles. The molecule has 0 saturated heterocycles. The van der Waals surface area contributed by atoms with Crippen LogP contribution in [0.1, 0.15) is 54.6 Å². The van der Waals surface area contributed by atoms with E-state index in [4.69, 9.17) is 23.2 Å². The van der Waals surface area contributed by atoms with Crippen molar-refractivity contribution >= 4 is 29.1 Å². The van der Waals surface area contributed by atoms with E-state index in [1.807, 2.05) is 4.90 Å². The maximum absolute atomic E-state index is 13.1. The molecule has 1 aliphatic rings. The lowest BCUT2D eigenvalue weighted by molar-refractivity contribution is -0.133. The molecule has 2 aromatic carbocycles. The molecule has 0 spiro atoms. The molecule has 0 bridgehead atoms. The summed E-state index contributed by atoms with van der Waals surface area (Å²) < 4.78 is 0. The van der Waals surface area contributed by atoms with Gasteiger partial charge in [-0.2, -0.15) is 5.26 Å². The Morgan fingerprint density at radius 1 is 1.28 bits per heavy atom. The first kappa shape index (κ1) is 21.7. The summed E-state index contributed by atoms with van der Waals surface area (Å²) in [5, 5.41) is 10.3. The standard InChI is InChI=1S/C24H26Cl2N2O/c1-15(2)11-17-12-18(7-9-27)19-8-10-28(16(3)20(19)13-17)24(29)14-21-22(25)5-4-6-23(21)26/h4-6,12-13,15-16H,7-8,10-11,14H2,1-3H3/t16-/m0/s1. The Labute approximate surface area is 183 Å². The van der Waals surface area contributed by atoms with Crippen molar-refractivity contribution in [3.8, 4) is 6.07 Å². The zero-order chi connectivity index (χ0) is 21.1. The zero-order valence-corrected chi connectivity index (χ0v) is 18.6. The van der Waals surface area contributed by atoms with E-state index in [0.29, 0.717) is 34.5 Å². The van der Waals surface area contributed by atoms with Crippen LogP contribution in [0.5, 0.6) is 0 Å². The minimum atomic E-state index is -0.0444. The van der Waals surface area contributed by atoms with Crippen LogP contribution in [-0.2, 0) is 30.5 Å². The molecular formula is C24H26Cl2N2O. The van der Waals surface area contributed by atoms with E-state index in [1.54, 1.807) is 18.2 Å². The topological polar surface area (TPSA) is 44.1 Å². The van der Waals surface area contributed by atoms with Gasteiger partial charge in [0, 0.05) is 16.6 Å². The van der Waals surface area contributed by atoms with E-state index in [2.05, 4.69) is 39.0 Å². The monoisotopic (exact) mass is 428 g/mol. The zero-order valence-electron chi connectivity index (χ0n) is 17.1. The average Bonchev–Trinajstić information content (AvgIpc) is 2.65. The Morgan fingerprint density at radius 2 is 1.97 bits per heavy atom. The fourth-order valence-electron chi connectivity index (χ4n) is 4.22. The van der Waals surface area contributed by atoms with Crippen molar-refractivity contribution in [2.75, 3.05) is 6.54 Å². The van der Waals surface area contributed by atoms with Crippen LogP contribution in [0.2, 0.25) is 10.0 Å². The first-order valence-corrected chi connectivity index (χ1v) is 10.8. The number of carbonyl (C=O) groups is 1. The van der Waals surface area contributed by atoms with E-state index in [1.165, 1.54) is 16.7 Å². The van der Waals surface area contributed by atoms with Crippen molar-refractivity contribution in [2.24, 2.45) is 5.92 Å². The van der Waals surface area contributed by atoms with Crippen LogP contribution in [0.15, 0.2) is 30.3 Å². The van der Waals surface area contributed by atoms with Crippen molar-refractivity contribution in [3.63, 3.8) is 0 Å². The number of nitrogens with zero attached hydrogens (tertiary/aromatic N) is 2. The van der Waals surface area contributed by atoms with Crippen molar-refractivity contribution in [2.45, 2.75) is 52.5 Å². The van der Waals surface area contributed by atoms with Crippen molar-refractivity contribution in [1.29, 1.82) is 5.26 Å². The van der Waals surface area contributed by atoms with Crippen LogP contribution >= 0.6 is 23.2 Å². The lowest BCUT2D eigenvalue weighted by atomic mass is 9.85. The van der Waals surface area contributed by atoms with Gasteiger partial charge in [-0.05, 0) is 65.6 Å². The van der Waals surface area contributed by atoms with Gasteiger partial charge < -0.3 is 4.90 Å². The Hall–Kier alpha value is -2.02. The first-order valence-electron chi connectivity index (χ1n) is 10.1. The predicted octanol–water partition coefficient (Wildman–Crippen LogP) is 5.95. The predicted molar refractivity (Wildman–Crippen MR) is 118 cm³/mol. The molecule has 152 valence electrons. The highest BCUT2D eigenvalue weighted by atomic mass is 35.5. The summed E-state index contributed by atoms with van der Waals surface area (Å²) >= 11 is 12.5. The van der Waals surface area contributed by atoms with Gasteiger partial charge in [0.15, 0.2) is 0 Å². The molecule has 1 aliphatic heterocycles. The van der Waals surface area contributed by atoms with Gasteiger partial charge in [-0.15, -0.1) is 0 Å². The molecule has 0 radical (unpaired) electrons. The van der Waals surface area contributed by atoms with E-state index < -0.39 is 0 Å². The van der Waals surface area contributed by atoms with Gasteiger partial charge in [0.25, 0.3) is 0 Å². The minimum Gasteiger partial charge on any atom is -0.335 e. The third-order valence-corrected chi connectivity index (χ3v) is 6.29. The molecule has 0 saturated carbocycles. The number of fused-ring (bicyclic) bond motifs is 1. The van der Waals surface area contributed by atoms with E-state index in [9.17, 15) is 10.1 Å². The number of hydrogen-bond acceptors (Lipinski definition) is 2. The fourth-order valence-corrected chi connectivity index (χ4v) is 4.75. The van der Waals surface area contributed by atoms with Gasteiger partial charge in [-0.25, -0.2) is 0 Å². The molecular weight excluding hydrogens is 403 g/mol. The molecule has 1 amide bonds. The largest absolute Gasteiger partial charge is 0.335 e. The van der Waals surface area contributed by atoms with Crippen LogP contribution < -0.4 is 0 Å². The van der Waals surface area contributed by atoms with Gasteiger partial charge in [0.05, 0.1) is 25.0 Å². The van der Waals surface area contributed by atoms with Crippen molar-refractivity contribution in [1.82, 2.24) is 4.90 Å². The number of rotatable bonds is 5. The maximum atomic E-state index is 13.1. The van der Waals surface area contributed by atoms with Crippen molar-refractivity contribution in [3.05, 3.63) is 68.2 Å². The molecule has 0 unspecified atom stereocenters. The minimum absolute atomic E-state index is 0.0224. The number of benzene rings is 2. The van der Waals surface area contributed by atoms with Gasteiger partial charge in [0.2, 0.25) is 5.91 Å². The Balaban J connectivity index is 1.91. The number of nitriles is 1. The fraction of sp³-hybridized carbons (Fsp3) is 0.417. The molecule has 1 atom stereocenters. The molecule has 29 heavy (non-hydrogen) atoms. The molecule has 3 rings (SSSR count). The van der Waals surface area contributed by atoms with Crippen LogP contribution in [0, 0.1) is 17.2 Å². The summed E-state index contributed by atoms with van der Waals surface area (Å²) in [5.41, 5.74) is 5.41. The highest BCUT2D eigenvalue weighted by Gasteiger charge is 2.30. The SMILES string of the molecule is CC(C)Cc1cc(CC#N)c2c(c1)[C@H](C)N(C(=O)Cc1c(Cl)cccc1Cl)CC2. The summed E-state index contributed by atoms with van der Waals surface area (Å²) in [6.45, 7) is 7.09. The second kappa shape index (κ2) is 9.20. The second-order valence-corrected chi connectivity index (χ2v) is 8.96. The van der Waals surface area contributed by atoms with Crippen LogP contribution in [0.3, 0.4) is 0 Å². The van der Waals surface area contributed by atoms with E-state index >= 15 is 0 Å². The molecule has 1 heterocycles. The number of carbonyl (C=O) groups excluding carboxylic acids is 1. The first-order chi connectivity index (χ1) is 13.8. The Morgan fingerprint density at radius 3 is 2.59 bits per heavy atom. The van der Waals surface area contributed by atoms with Gasteiger partial charge in [-0.1, -0.05) is 55.2 Å². The molecule has 5 heteroatoms. The normalized spacial score (nSPS) is 15.9. The Bertz CT molecular complexity index is 942. The molecule has 3 nitrogen and oxygen atoms in total. The summed E-state index contributed by atoms with van der Waals surface area (Å²) in [5.74, 6) is 0.552. The highest BCUT2D eigenvalue weighted by Crippen LogP contribution is 2.35. The summed E-state index contributed by atoms with van der Waals surface area (Å²) in [6, 6.07) is 12.0. The van der Waals surface area contributed by atoms with Gasteiger partial charge in [-0.3, -0.25) is 4.79 Å². The van der Waals surface area contributed by atoms with Crippen LogP contribution in [-0.4, -0.2) is 17.4 Å². The third-order valence-electron chi connectivity index (χ3n) is 5.58. The van der Waals surface area contributed by atoms with Gasteiger partial charge >= 0.3 is 0 Å². The maximum Gasteiger partial charge on any atom is 0.227 e. The van der Waals surface area contributed by atoms with Crippen LogP contribution in [0.25, 0.3) is 0 Å². The summed E-state index contributed by atoms with van der Waals surface area (Å²) in [7, 11) is 0. The van der Waals surface area contributed by atoms with Gasteiger partial charge in [0.1, 0.15) is 0 Å². The summed E-state index contributed by atoms with van der Waals surface area (Å²) in [6.07, 6.45) is 2.32. The molecule has 0 N–H and O–H groups in total. The molecule has 0 aliphatic carbocycles. The lowest BCUT2D eigenvalue weighted by Crippen LogP contribution is -2.40. The second-order valence-electron chi connectivity index (χ2n) is 8.15. The summed E-state index contributed by atoms with van der Waals surface area (Å²) in [4.78, 5) is 15.0. The highest BCUT2D eigenvalue weighted by molar-refractivity contribution is 6.36. The molecule has 2 aromatic rings. The molecule has 0 fully saturated rings. The van der Waals surface area contributed by atoms with E-state index in [0.717, 1.165) is 18.4 Å². The lowest BCUT2D eigenvalue weighted by Gasteiger charge is -2.37.